The first-order valence-corrected chi connectivity index (χ1v) is 5.52. The molecule has 0 bridgehead atoms. The minimum Gasteiger partial charge on any atom is -0.272 e. The van der Waals surface area contributed by atoms with Crippen molar-refractivity contribution in [2.75, 3.05) is 12.0 Å². The molecule has 0 saturated carbocycles. The van der Waals surface area contributed by atoms with E-state index >= 15 is 0 Å². The van der Waals surface area contributed by atoms with Crippen LogP contribution in [-0.4, -0.2) is 34.8 Å². The van der Waals surface area contributed by atoms with E-state index in [4.69, 9.17) is 0 Å². The number of carbonyl (C=O) groups is 2. The van der Waals surface area contributed by atoms with Crippen molar-refractivity contribution in [3.05, 3.63) is 11.6 Å². The molecule has 1 rings (SSSR count). The lowest BCUT2D eigenvalue weighted by atomic mass is 10.3. The van der Waals surface area contributed by atoms with Gasteiger partial charge in [-0.25, -0.2) is 0 Å². The van der Waals surface area contributed by atoms with Crippen molar-refractivity contribution < 1.29 is 9.59 Å². The summed E-state index contributed by atoms with van der Waals surface area (Å²) in [6.45, 7) is 3.56. The normalized spacial score (nSPS) is 19.3. The number of hydrogen-bond donors (Lipinski definition) is 0. The molecule has 4 heteroatoms. The minimum atomic E-state index is -0.177. The van der Waals surface area contributed by atoms with Gasteiger partial charge in [0.25, 0.3) is 11.8 Å². The number of carbonyl (C=O) groups excluding carboxylic acids is 2. The SMILES string of the molecule is CSCC(C)N1C(=O)C=C(C)C1=O. The Kier molecular flexibility index (Phi) is 3.14. The summed E-state index contributed by atoms with van der Waals surface area (Å²) in [5, 5.41) is 0. The fourth-order valence-corrected chi connectivity index (χ4v) is 1.97. The third-order valence-corrected chi connectivity index (χ3v) is 2.80. The lowest BCUT2D eigenvalue weighted by molar-refractivity contribution is -0.138. The molecule has 1 atom stereocenters. The van der Waals surface area contributed by atoms with Crippen molar-refractivity contribution in [2.24, 2.45) is 0 Å². The molecule has 13 heavy (non-hydrogen) atoms. The second kappa shape index (κ2) is 3.96. The third-order valence-electron chi connectivity index (χ3n) is 1.98. The lowest BCUT2D eigenvalue weighted by Gasteiger charge is -2.21. The van der Waals surface area contributed by atoms with Gasteiger partial charge in [-0.2, -0.15) is 11.8 Å². The van der Waals surface area contributed by atoms with E-state index in [1.165, 1.54) is 11.0 Å². The fourth-order valence-electron chi connectivity index (χ4n) is 1.34. The Bertz CT molecular complexity index is 273. The Morgan fingerprint density at radius 3 is 2.54 bits per heavy atom. The van der Waals surface area contributed by atoms with Gasteiger partial charge in [0.1, 0.15) is 0 Å². The molecule has 0 aliphatic carbocycles. The highest BCUT2D eigenvalue weighted by Crippen LogP contribution is 2.16. The Labute approximate surface area is 82.2 Å². The van der Waals surface area contributed by atoms with Gasteiger partial charge in [0, 0.05) is 23.4 Å². The van der Waals surface area contributed by atoms with Gasteiger partial charge < -0.3 is 0 Å². The molecule has 0 aromatic rings. The van der Waals surface area contributed by atoms with Crippen LogP contribution in [0.15, 0.2) is 11.6 Å². The molecule has 0 N–H and O–H groups in total. The summed E-state index contributed by atoms with van der Waals surface area (Å²) in [6.07, 6.45) is 3.36. The standard InChI is InChI=1S/C9H13NO2S/c1-6-4-8(11)10(9(6)12)7(2)5-13-3/h4,7H,5H2,1-3H3. The van der Waals surface area contributed by atoms with Gasteiger partial charge in [0.2, 0.25) is 0 Å². The molecular weight excluding hydrogens is 186 g/mol. The van der Waals surface area contributed by atoms with Gasteiger partial charge in [-0.05, 0) is 20.1 Å². The van der Waals surface area contributed by atoms with Gasteiger partial charge in [0.05, 0.1) is 0 Å². The smallest absolute Gasteiger partial charge is 0.256 e. The van der Waals surface area contributed by atoms with E-state index < -0.39 is 0 Å². The van der Waals surface area contributed by atoms with E-state index in [2.05, 4.69) is 0 Å². The van der Waals surface area contributed by atoms with Crippen LogP contribution in [-0.2, 0) is 9.59 Å². The van der Waals surface area contributed by atoms with E-state index in [-0.39, 0.29) is 17.9 Å². The second-order valence-electron chi connectivity index (χ2n) is 3.15. The van der Waals surface area contributed by atoms with Crippen molar-refractivity contribution in [1.82, 2.24) is 4.90 Å². The number of amides is 2. The van der Waals surface area contributed by atoms with Crippen molar-refractivity contribution in [2.45, 2.75) is 19.9 Å². The summed E-state index contributed by atoms with van der Waals surface area (Å²) >= 11 is 1.63. The van der Waals surface area contributed by atoms with E-state index in [1.54, 1.807) is 18.7 Å². The molecule has 0 fully saturated rings. The minimum absolute atomic E-state index is 0.0105. The van der Waals surface area contributed by atoms with Crippen molar-refractivity contribution in [3.8, 4) is 0 Å². The Morgan fingerprint density at radius 1 is 1.54 bits per heavy atom. The predicted molar refractivity (Wildman–Crippen MR) is 53.5 cm³/mol. The van der Waals surface area contributed by atoms with Crippen LogP contribution >= 0.6 is 11.8 Å². The number of rotatable bonds is 3. The number of thioether (sulfide) groups is 1. The number of hydrogen-bond acceptors (Lipinski definition) is 3. The van der Waals surface area contributed by atoms with Crippen LogP contribution in [0.25, 0.3) is 0 Å². The van der Waals surface area contributed by atoms with Crippen LogP contribution in [0.4, 0.5) is 0 Å². The zero-order chi connectivity index (χ0) is 10.0. The summed E-state index contributed by atoms with van der Waals surface area (Å²) in [6, 6.07) is -0.0105. The Morgan fingerprint density at radius 2 is 2.15 bits per heavy atom. The van der Waals surface area contributed by atoms with Crippen molar-refractivity contribution in [3.63, 3.8) is 0 Å². The molecule has 1 aliphatic heterocycles. The molecule has 0 aromatic carbocycles. The summed E-state index contributed by atoms with van der Waals surface area (Å²) in [7, 11) is 0. The number of imide groups is 1. The van der Waals surface area contributed by atoms with E-state index in [0.717, 1.165) is 5.75 Å². The van der Waals surface area contributed by atoms with Gasteiger partial charge in [0.15, 0.2) is 0 Å². The quantitative estimate of drug-likeness (QED) is 0.638. The maximum atomic E-state index is 11.5. The first-order chi connectivity index (χ1) is 6.07. The fraction of sp³-hybridized carbons (Fsp3) is 0.556. The highest BCUT2D eigenvalue weighted by molar-refractivity contribution is 7.98. The summed E-state index contributed by atoms with van der Waals surface area (Å²) < 4.78 is 0. The van der Waals surface area contributed by atoms with Crippen molar-refractivity contribution >= 4 is 23.6 Å². The van der Waals surface area contributed by atoms with Gasteiger partial charge in [-0.3, -0.25) is 14.5 Å². The van der Waals surface area contributed by atoms with Crippen LogP contribution in [0, 0.1) is 0 Å². The predicted octanol–water partition coefficient (Wildman–Crippen LogP) is 1.05. The lowest BCUT2D eigenvalue weighted by Crippen LogP contribution is -2.40. The Balaban J connectivity index is 2.73. The molecule has 0 saturated heterocycles. The van der Waals surface area contributed by atoms with E-state index in [1.807, 2.05) is 13.2 Å². The summed E-state index contributed by atoms with van der Waals surface area (Å²) in [4.78, 5) is 24.1. The highest BCUT2D eigenvalue weighted by Gasteiger charge is 2.31. The van der Waals surface area contributed by atoms with Crippen molar-refractivity contribution in [1.29, 1.82) is 0 Å². The van der Waals surface area contributed by atoms with Crippen LogP contribution < -0.4 is 0 Å². The summed E-state index contributed by atoms with van der Waals surface area (Å²) in [5.41, 5.74) is 0.540. The average Bonchev–Trinajstić information content (AvgIpc) is 2.27. The van der Waals surface area contributed by atoms with Gasteiger partial charge >= 0.3 is 0 Å². The molecule has 1 aliphatic rings. The molecule has 0 spiro atoms. The average molecular weight is 199 g/mol. The topological polar surface area (TPSA) is 37.4 Å². The molecule has 72 valence electrons. The van der Waals surface area contributed by atoms with Crippen LogP contribution in [0.1, 0.15) is 13.8 Å². The Hall–Kier alpha value is -0.770. The molecule has 3 nitrogen and oxygen atoms in total. The first-order valence-electron chi connectivity index (χ1n) is 4.12. The molecule has 0 radical (unpaired) electrons. The third kappa shape index (κ3) is 1.94. The zero-order valence-electron chi connectivity index (χ0n) is 8.03. The van der Waals surface area contributed by atoms with Crippen LogP contribution in [0.3, 0.4) is 0 Å². The molecule has 2 amide bonds. The molecular formula is C9H13NO2S. The summed E-state index contributed by atoms with van der Waals surface area (Å²) in [5.74, 6) is 0.467. The molecule has 1 heterocycles. The molecule has 0 aromatic heterocycles. The maximum absolute atomic E-state index is 11.5. The van der Waals surface area contributed by atoms with E-state index in [0.29, 0.717) is 5.57 Å². The van der Waals surface area contributed by atoms with E-state index in [9.17, 15) is 9.59 Å². The highest BCUT2D eigenvalue weighted by atomic mass is 32.2. The first kappa shape index (κ1) is 10.3. The van der Waals surface area contributed by atoms with Gasteiger partial charge in [-0.1, -0.05) is 0 Å². The largest absolute Gasteiger partial charge is 0.272 e. The second-order valence-corrected chi connectivity index (χ2v) is 4.06. The monoisotopic (exact) mass is 199 g/mol. The van der Waals surface area contributed by atoms with Gasteiger partial charge in [-0.15, -0.1) is 0 Å². The number of nitrogens with zero attached hydrogens (tertiary/aromatic N) is 1. The van der Waals surface area contributed by atoms with Crippen LogP contribution in [0.5, 0.6) is 0 Å². The maximum Gasteiger partial charge on any atom is 0.256 e. The van der Waals surface area contributed by atoms with Crippen LogP contribution in [0.2, 0.25) is 0 Å². The molecule has 1 unspecified atom stereocenters. The zero-order valence-corrected chi connectivity index (χ0v) is 8.85.